The Balaban J connectivity index is 0.000000261. The molecule has 1 aromatic carbocycles. The van der Waals surface area contributed by atoms with Crippen LogP contribution in [0.25, 0.3) is 10.4 Å². The van der Waals surface area contributed by atoms with Gasteiger partial charge in [-0.3, -0.25) is 19.1 Å². The lowest BCUT2D eigenvalue weighted by Crippen LogP contribution is -2.33. The number of benzene rings is 1. The number of aromatic amines is 1. The summed E-state index contributed by atoms with van der Waals surface area (Å²) in [5, 5.41) is 12.7. The van der Waals surface area contributed by atoms with Crippen molar-refractivity contribution in [2.45, 2.75) is 69.7 Å². The van der Waals surface area contributed by atoms with E-state index >= 15 is 0 Å². The van der Waals surface area contributed by atoms with E-state index in [1.165, 1.54) is 24.1 Å². The molecule has 0 bridgehead atoms. The highest BCUT2D eigenvalue weighted by Gasteiger charge is 2.35. The third kappa shape index (κ3) is 9.48. The smallest absolute Gasteiger partial charge is 0.330 e. The molecule has 3 atom stereocenters. The average Bonchev–Trinajstić information content (AvgIpc) is 3.27. The molecular formula is C25H31N5O6S. The van der Waals surface area contributed by atoms with Gasteiger partial charge in [0.15, 0.2) is 0 Å². The molecule has 0 amide bonds. The minimum Gasteiger partial charge on any atom is -0.426 e. The van der Waals surface area contributed by atoms with Crippen molar-refractivity contribution in [3.05, 3.63) is 67.3 Å². The summed E-state index contributed by atoms with van der Waals surface area (Å²) >= 11 is 1.60. The van der Waals surface area contributed by atoms with Crippen molar-refractivity contribution < 1.29 is 19.4 Å². The predicted molar refractivity (Wildman–Crippen MR) is 140 cm³/mol. The molecule has 11 nitrogen and oxygen atoms in total. The number of nitrogens with one attached hydrogen (secondary N) is 1. The SMILES string of the molecule is CCCCC#CCSc1ccccc1OC(C)=O.Cc1cn([C@H]2C[C@H](N=[N+]=[N-])[C@@H](CO)O2)c(=O)[nH]c1=O. The number of hydrogen-bond donors (Lipinski definition) is 2. The average molecular weight is 530 g/mol. The van der Waals surface area contributed by atoms with Gasteiger partial charge in [-0.1, -0.05) is 36.5 Å². The van der Waals surface area contributed by atoms with Gasteiger partial charge in [0.05, 0.1) is 29.4 Å². The summed E-state index contributed by atoms with van der Waals surface area (Å²) in [5.74, 6) is 7.31. The molecule has 2 heterocycles. The number of rotatable bonds is 8. The maximum absolute atomic E-state index is 11.7. The maximum atomic E-state index is 11.7. The first-order valence-electron chi connectivity index (χ1n) is 11.8. The lowest BCUT2D eigenvalue weighted by atomic mass is 10.1. The van der Waals surface area contributed by atoms with E-state index in [0.29, 0.717) is 11.3 Å². The Morgan fingerprint density at radius 1 is 1.38 bits per heavy atom. The lowest BCUT2D eigenvalue weighted by molar-refractivity contribution is -0.132. The fraction of sp³-hybridized carbons (Fsp3) is 0.480. The van der Waals surface area contributed by atoms with Crippen LogP contribution in [0.3, 0.4) is 0 Å². The number of unbranched alkanes of at least 4 members (excludes halogenated alkanes) is 2. The van der Waals surface area contributed by atoms with Crippen LogP contribution >= 0.6 is 11.8 Å². The zero-order valence-corrected chi connectivity index (χ0v) is 21.9. The molecule has 2 N–H and O–H groups in total. The fourth-order valence-electron chi connectivity index (χ4n) is 3.37. The molecule has 37 heavy (non-hydrogen) atoms. The van der Waals surface area contributed by atoms with Crippen molar-refractivity contribution in [2.75, 3.05) is 12.4 Å². The number of nitrogens with zero attached hydrogens (tertiary/aromatic N) is 4. The predicted octanol–water partition coefficient (Wildman–Crippen LogP) is 3.70. The molecule has 1 saturated heterocycles. The van der Waals surface area contributed by atoms with Crippen LogP contribution in [-0.4, -0.2) is 45.1 Å². The summed E-state index contributed by atoms with van der Waals surface area (Å²) in [4.78, 5) is 39.7. The third-order valence-corrected chi connectivity index (χ3v) is 6.16. The highest BCUT2D eigenvalue weighted by atomic mass is 32.2. The number of para-hydroxylation sites is 1. The zero-order chi connectivity index (χ0) is 27.2. The lowest BCUT2D eigenvalue weighted by Gasteiger charge is -2.14. The number of carbonyl (C=O) groups excluding carboxylic acids is 1. The molecule has 1 fully saturated rings. The Kier molecular flexibility index (Phi) is 12.5. The number of aliphatic hydroxyl groups is 1. The summed E-state index contributed by atoms with van der Waals surface area (Å²) < 4.78 is 11.8. The zero-order valence-electron chi connectivity index (χ0n) is 21.0. The number of aryl methyl sites for hydroxylation is 1. The minimum absolute atomic E-state index is 0.265. The third-order valence-electron chi connectivity index (χ3n) is 5.22. The van der Waals surface area contributed by atoms with E-state index in [1.807, 2.05) is 18.2 Å². The van der Waals surface area contributed by atoms with E-state index < -0.39 is 29.6 Å². The molecule has 1 aromatic heterocycles. The summed E-state index contributed by atoms with van der Waals surface area (Å²) in [6.07, 6.45) is 3.62. The normalized spacial score (nSPS) is 18.0. The number of azide groups is 1. The molecule has 0 saturated carbocycles. The molecular weight excluding hydrogens is 498 g/mol. The van der Waals surface area contributed by atoms with Gasteiger partial charge >= 0.3 is 11.7 Å². The van der Waals surface area contributed by atoms with Gasteiger partial charge in [0.1, 0.15) is 12.0 Å². The highest BCUT2D eigenvalue weighted by Crippen LogP contribution is 2.30. The quantitative estimate of drug-likeness (QED) is 0.0770. The first-order valence-corrected chi connectivity index (χ1v) is 12.8. The monoisotopic (exact) mass is 529 g/mol. The van der Waals surface area contributed by atoms with Crippen molar-refractivity contribution >= 4 is 17.7 Å². The minimum atomic E-state index is -0.671. The van der Waals surface area contributed by atoms with Gasteiger partial charge in [0.2, 0.25) is 0 Å². The van der Waals surface area contributed by atoms with E-state index in [9.17, 15) is 14.4 Å². The summed E-state index contributed by atoms with van der Waals surface area (Å²) in [5.41, 5.74) is 7.76. The van der Waals surface area contributed by atoms with Crippen LogP contribution < -0.4 is 16.0 Å². The van der Waals surface area contributed by atoms with E-state index in [4.69, 9.17) is 20.1 Å². The maximum Gasteiger partial charge on any atom is 0.330 e. The standard InChI is InChI=1S/C15H18O2S.C10H13N5O4/c1-3-4-5-6-9-12-18-15-11-8-7-10-14(15)17-13(2)16;1-5-3-15(10(18)12-9(5)17)8-2-6(13-14-11)7(4-16)19-8/h7-8,10-11H,3-5,12H2,1-2H3;3,6-8,16H,2,4H2,1H3,(H,12,17,18)/t;6-,7+,8+/m.0/s1. The molecule has 1 aliphatic rings. The molecule has 3 rings (SSSR count). The Hall–Kier alpha value is -3.49. The summed E-state index contributed by atoms with van der Waals surface area (Å²) in [6, 6.07) is 6.99. The van der Waals surface area contributed by atoms with Gasteiger partial charge in [-0.15, -0.1) is 17.7 Å². The Morgan fingerprint density at radius 3 is 2.81 bits per heavy atom. The van der Waals surface area contributed by atoms with Crippen molar-refractivity contribution in [1.82, 2.24) is 9.55 Å². The van der Waals surface area contributed by atoms with Gasteiger partial charge in [-0.2, -0.15) is 0 Å². The number of hydrogen-bond acceptors (Lipinski definition) is 8. The number of esters is 1. The van der Waals surface area contributed by atoms with E-state index in [2.05, 4.69) is 33.8 Å². The van der Waals surface area contributed by atoms with Crippen LogP contribution in [-0.2, 0) is 9.53 Å². The number of aliphatic hydroxyl groups excluding tert-OH is 1. The molecule has 0 radical (unpaired) electrons. The number of carbonyl (C=O) groups is 1. The topological polar surface area (TPSA) is 159 Å². The molecule has 0 aliphatic carbocycles. The molecule has 12 heteroatoms. The van der Waals surface area contributed by atoms with Gasteiger partial charge in [0.25, 0.3) is 5.56 Å². The van der Waals surface area contributed by atoms with Crippen molar-refractivity contribution in [2.24, 2.45) is 5.11 Å². The van der Waals surface area contributed by atoms with Gasteiger partial charge in [-0.05, 0) is 31.0 Å². The first-order chi connectivity index (χ1) is 17.8. The fourth-order valence-corrected chi connectivity index (χ4v) is 4.12. The second kappa shape index (κ2) is 15.6. The number of thioether (sulfide) groups is 1. The summed E-state index contributed by atoms with van der Waals surface area (Å²) in [6.45, 7) is 4.83. The Bertz CT molecular complexity index is 1270. The Labute approximate surface area is 218 Å². The highest BCUT2D eigenvalue weighted by molar-refractivity contribution is 7.99. The van der Waals surface area contributed by atoms with Crippen LogP contribution in [0, 0.1) is 18.8 Å². The second-order valence-electron chi connectivity index (χ2n) is 8.08. The molecule has 0 unspecified atom stereocenters. The number of aromatic nitrogens is 2. The molecule has 2 aromatic rings. The van der Waals surface area contributed by atoms with Crippen molar-refractivity contribution in [3.63, 3.8) is 0 Å². The van der Waals surface area contributed by atoms with Crippen molar-refractivity contribution in [3.8, 4) is 17.6 Å². The second-order valence-corrected chi connectivity index (χ2v) is 9.10. The summed E-state index contributed by atoms with van der Waals surface area (Å²) in [7, 11) is 0. The molecule has 1 aliphatic heterocycles. The van der Waals surface area contributed by atoms with Gasteiger partial charge in [0, 0.05) is 36.4 Å². The van der Waals surface area contributed by atoms with Crippen LogP contribution in [0.2, 0.25) is 0 Å². The first kappa shape index (κ1) is 29.7. The van der Waals surface area contributed by atoms with E-state index in [0.717, 1.165) is 23.5 Å². The molecule has 198 valence electrons. The molecule has 0 spiro atoms. The Morgan fingerprint density at radius 2 is 2.14 bits per heavy atom. The van der Waals surface area contributed by atoms with E-state index in [-0.39, 0.29) is 19.0 Å². The van der Waals surface area contributed by atoms with Crippen LogP contribution in [0.5, 0.6) is 5.75 Å². The largest absolute Gasteiger partial charge is 0.426 e. The van der Waals surface area contributed by atoms with Gasteiger partial charge < -0.3 is 14.6 Å². The number of H-pyrrole nitrogens is 1. The van der Waals surface area contributed by atoms with Crippen LogP contribution in [0.1, 0.15) is 51.3 Å². The van der Waals surface area contributed by atoms with Crippen molar-refractivity contribution in [1.29, 1.82) is 0 Å². The van der Waals surface area contributed by atoms with Crippen LogP contribution in [0.4, 0.5) is 0 Å². The van der Waals surface area contributed by atoms with E-state index in [1.54, 1.807) is 24.8 Å². The number of ether oxygens (including phenoxy) is 2. The van der Waals surface area contributed by atoms with Gasteiger partial charge in [-0.25, -0.2) is 4.79 Å². The van der Waals surface area contributed by atoms with Crippen LogP contribution in [0.15, 0.2) is 50.1 Å².